The average molecular weight is 386 g/mol. The molecule has 0 unspecified atom stereocenters. The van der Waals surface area contributed by atoms with Gasteiger partial charge >= 0.3 is 18.4 Å². The summed E-state index contributed by atoms with van der Waals surface area (Å²) in [6.45, 7) is 2.20. The van der Waals surface area contributed by atoms with Crippen LogP contribution in [0.25, 0.3) is 0 Å². The Labute approximate surface area is 150 Å². The molecule has 8 heteroatoms. The van der Waals surface area contributed by atoms with Crippen LogP contribution in [0.2, 0.25) is 0 Å². The van der Waals surface area contributed by atoms with Gasteiger partial charge in [0.2, 0.25) is 0 Å². The Morgan fingerprint density at radius 1 is 0.885 bits per heavy atom. The van der Waals surface area contributed by atoms with Gasteiger partial charge < -0.3 is 9.47 Å². The van der Waals surface area contributed by atoms with Crippen molar-refractivity contribution in [2.24, 2.45) is 17.8 Å². The first-order chi connectivity index (χ1) is 12.1. The second kappa shape index (κ2) is 8.74. The molecule has 2 aliphatic rings. The molecule has 0 aromatic rings. The van der Waals surface area contributed by atoms with Gasteiger partial charge in [-0.15, -0.1) is 0 Å². The number of carbonyl (C=O) groups excluding carboxylic acids is 1. The van der Waals surface area contributed by atoms with Crippen LogP contribution in [0.1, 0.15) is 71.1 Å². The highest BCUT2D eigenvalue weighted by Gasteiger charge is 2.62. The minimum atomic E-state index is -5.94. The molecule has 2 saturated carbocycles. The number of rotatable bonds is 5. The van der Waals surface area contributed by atoms with Crippen molar-refractivity contribution in [2.75, 3.05) is 0 Å². The summed E-state index contributed by atoms with van der Waals surface area (Å²) in [6.07, 6.45) is -4.16. The molecule has 2 aliphatic carbocycles. The molecule has 0 bridgehead atoms. The van der Waals surface area contributed by atoms with E-state index in [9.17, 15) is 26.7 Å². The second-order valence-electron chi connectivity index (χ2n) is 7.59. The fourth-order valence-electron chi connectivity index (χ4n) is 4.36. The zero-order chi connectivity index (χ0) is 19.4. The third-order valence-electron chi connectivity index (χ3n) is 5.78. The molecule has 0 saturated heterocycles. The maximum atomic E-state index is 12.7. The van der Waals surface area contributed by atoms with Crippen molar-refractivity contribution >= 4 is 6.16 Å². The molecule has 2 fully saturated rings. The predicted molar refractivity (Wildman–Crippen MR) is 84.7 cm³/mol. The predicted octanol–water partition coefficient (Wildman–Crippen LogP) is 6.46. The lowest BCUT2D eigenvalue weighted by molar-refractivity contribution is -0.375. The van der Waals surface area contributed by atoms with Gasteiger partial charge in [0.1, 0.15) is 6.10 Å². The van der Waals surface area contributed by atoms with Crippen molar-refractivity contribution in [3.05, 3.63) is 0 Å². The van der Waals surface area contributed by atoms with Crippen molar-refractivity contribution in [3.63, 3.8) is 0 Å². The van der Waals surface area contributed by atoms with E-state index >= 15 is 0 Å². The fourth-order valence-corrected chi connectivity index (χ4v) is 4.36. The lowest BCUT2D eigenvalue weighted by Crippen LogP contribution is -2.41. The molecule has 0 aromatic carbocycles. The highest BCUT2D eigenvalue weighted by molar-refractivity contribution is 5.60. The summed E-state index contributed by atoms with van der Waals surface area (Å²) in [4.78, 5) is 11.2. The highest BCUT2D eigenvalue weighted by atomic mass is 19.4. The zero-order valence-corrected chi connectivity index (χ0v) is 15.0. The van der Waals surface area contributed by atoms with Crippen molar-refractivity contribution < 1.29 is 36.2 Å². The van der Waals surface area contributed by atoms with Gasteiger partial charge in [-0.3, -0.25) is 0 Å². The molecule has 0 spiro atoms. The standard InChI is InChI=1S/C18H27F5O3/c1-2-3-12-4-6-13(7-5-12)14-8-10-15(11-9-14)25-16(24)26-18(22,23)17(19,20)21/h12-15H,2-11H2,1H3. The molecule has 0 amide bonds. The van der Waals surface area contributed by atoms with Crippen LogP contribution in [0.3, 0.4) is 0 Å². The molecule has 2 rings (SSSR count). The van der Waals surface area contributed by atoms with Gasteiger partial charge in [0.05, 0.1) is 0 Å². The maximum absolute atomic E-state index is 12.7. The zero-order valence-electron chi connectivity index (χ0n) is 15.0. The number of hydrogen-bond acceptors (Lipinski definition) is 3. The molecule has 3 nitrogen and oxygen atoms in total. The van der Waals surface area contributed by atoms with E-state index in [1.165, 1.54) is 38.5 Å². The van der Waals surface area contributed by atoms with E-state index < -0.39 is 24.5 Å². The first-order valence-corrected chi connectivity index (χ1v) is 9.46. The van der Waals surface area contributed by atoms with Gasteiger partial charge in [0.15, 0.2) is 0 Å². The number of ether oxygens (including phenoxy) is 2. The molecule has 0 atom stereocenters. The van der Waals surface area contributed by atoms with Crippen LogP contribution in [0, 0.1) is 17.8 Å². The van der Waals surface area contributed by atoms with Crippen molar-refractivity contribution in [3.8, 4) is 0 Å². The van der Waals surface area contributed by atoms with Crippen molar-refractivity contribution in [1.29, 1.82) is 0 Å². The number of alkyl halides is 5. The Balaban J connectivity index is 1.71. The van der Waals surface area contributed by atoms with Crippen LogP contribution in [-0.2, 0) is 9.47 Å². The maximum Gasteiger partial charge on any atom is 0.513 e. The quantitative estimate of drug-likeness (QED) is 0.402. The summed E-state index contributed by atoms with van der Waals surface area (Å²) in [6, 6.07) is 0. The SMILES string of the molecule is CCCC1CCC(C2CCC(OC(=O)OC(F)(F)C(F)(F)F)CC2)CC1. The van der Waals surface area contributed by atoms with Crippen LogP contribution in [-0.4, -0.2) is 24.5 Å². The van der Waals surface area contributed by atoms with E-state index in [1.807, 2.05) is 0 Å². The second-order valence-corrected chi connectivity index (χ2v) is 7.59. The van der Waals surface area contributed by atoms with Gasteiger partial charge in [0, 0.05) is 0 Å². The molecule has 0 aliphatic heterocycles. The number of halogens is 5. The van der Waals surface area contributed by atoms with Crippen LogP contribution >= 0.6 is 0 Å². The number of hydrogen-bond donors (Lipinski definition) is 0. The van der Waals surface area contributed by atoms with E-state index in [2.05, 4.69) is 16.4 Å². The normalized spacial score (nSPS) is 30.7. The summed E-state index contributed by atoms with van der Waals surface area (Å²) in [5.41, 5.74) is 0. The van der Waals surface area contributed by atoms with E-state index in [0.717, 1.165) is 18.8 Å². The third-order valence-corrected chi connectivity index (χ3v) is 5.78. The minimum Gasteiger partial charge on any atom is -0.431 e. The molecule has 0 heterocycles. The van der Waals surface area contributed by atoms with Gasteiger partial charge in [-0.2, -0.15) is 22.0 Å². The van der Waals surface area contributed by atoms with Gasteiger partial charge in [-0.25, -0.2) is 4.79 Å². The molecular weight excluding hydrogens is 359 g/mol. The highest BCUT2D eigenvalue weighted by Crippen LogP contribution is 2.42. The lowest BCUT2D eigenvalue weighted by atomic mass is 9.70. The van der Waals surface area contributed by atoms with E-state index in [4.69, 9.17) is 0 Å². The Morgan fingerprint density at radius 3 is 1.85 bits per heavy atom. The topological polar surface area (TPSA) is 35.5 Å². The first kappa shape index (κ1) is 21.2. The first-order valence-electron chi connectivity index (χ1n) is 9.46. The Morgan fingerprint density at radius 2 is 1.38 bits per heavy atom. The Bertz CT molecular complexity index is 450. The van der Waals surface area contributed by atoms with Gasteiger partial charge in [0.25, 0.3) is 0 Å². The fraction of sp³-hybridized carbons (Fsp3) is 0.944. The smallest absolute Gasteiger partial charge is 0.431 e. The molecule has 0 N–H and O–H groups in total. The molecule has 0 radical (unpaired) electrons. The van der Waals surface area contributed by atoms with E-state index in [0.29, 0.717) is 24.7 Å². The largest absolute Gasteiger partial charge is 0.513 e. The van der Waals surface area contributed by atoms with E-state index in [-0.39, 0.29) is 0 Å². The van der Waals surface area contributed by atoms with Crippen molar-refractivity contribution in [2.45, 2.75) is 89.5 Å². The third kappa shape index (κ3) is 5.71. The van der Waals surface area contributed by atoms with Gasteiger partial charge in [-0.05, 0) is 56.3 Å². The summed E-state index contributed by atoms with van der Waals surface area (Å²) < 4.78 is 69.3. The Kier molecular flexibility index (Phi) is 7.13. The van der Waals surface area contributed by atoms with Crippen LogP contribution in [0.4, 0.5) is 26.7 Å². The lowest BCUT2D eigenvalue weighted by Gasteiger charge is -2.37. The van der Waals surface area contributed by atoms with Crippen molar-refractivity contribution in [1.82, 2.24) is 0 Å². The monoisotopic (exact) mass is 386 g/mol. The summed E-state index contributed by atoms with van der Waals surface area (Å²) in [5, 5.41) is 0. The average Bonchev–Trinajstić information content (AvgIpc) is 2.55. The summed E-state index contributed by atoms with van der Waals surface area (Å²) >= 11 is 0. The van der Waals surface area contributed by atoms with Crippen LogP contribution in [0.5, 0.6) is 0 Å². The van der Waals surface area contributed by atoms with Gasteiger partial charge in [-0.1, -0.05) is 32.6 Å². The van der Waals surface area contributed by atoms with Crippen LogP contribution in [0.15, 0.2) is 0 Å². The Hall–Kier alpha value is -1.08. The van der Waals surface area contributed by atoms with Crippen LogP contribution < -0.4 is 0 Å². The summed E-state index contributed by atoms with van der Waals surface area (Å²) in [5.74, 6) is 1.98. The summed E-state index contributed by atoms with van der Waals surface area (Å²) in [7, 11) is 0. The van der Waals surface area contributed by atoms with E-state index in [1.54, 1.807) is 0 Å². The number of carbonyl (C=O) groups is 1. The minimum absolute atomic E-state index is 0.478. The molecule has 0 aromatic heterocycles. The molecular formula is C18H27F5O3. The molecule has 152 valence electrons. The molecule has 26 heavy (non-hydrogen) atoms.